The van der Waals surface area contributed by atoms with Crippen LogP contribution < -0.4 is 19.8 Å². The Hall–Kier alpha value is -2.69. The molecule has 1 heterocycles. The van der Waals surface area contributed by atoms with Crippen molar-refractivity contribution in [2.45, 2.75) is 112 Å². The van der Waals surface area contributed by atoms with Crippen LogP contribution in [0.3, 0.4) is 0 Å². The molecule has 0 radical (unpaired) electrons. The van der Waals surface area contributed by atoms with E-state index in [0.717, 1.165) is 48.8 Å². The Balaban J connectivity index is 2.21. The first kappa shape index (κ1) is 32.5. The van der Waals surface area contributed by atoms with Gasteiger partial charge in [-0.25, -0.2) is 0 Å². The second-order valence-electron chi connectivity index (χ2n) is 10.9. The molecule has 1 aromatic carbocycles. The maximum absolute atomic E-state index is 13.4. The van der Waals surface area contributed by atoms with Crippen LogP contribution in [-0.4, -0.2) is 24.4 Å². The molecule has 0 fully saturated rings. The Labute approximate surface area is 237 Å². The maximum Gasteiger partial charge on any atom is 0.297 e. The van der Waals surface area contributed by atoms with Crippen LogP contribution in [0.2, 0.25) is 0 Å². The molecule has 2 rings (SSSR count). The summed E-state index contributed by atoms with van der Waals surface area (Å²) in [7, 11) is 1.79. The molecule has 1 aromatic heterocycles. The number of allylic oxidation sites excluding steroid dienone is 3. The van der Waals surface area contributed by atoms with Gasteiger partial charge < -0.3 is 18.8 Å². The first-order valence-corrected chi connectivity index (χ1v) is 15.2. The summed E-state index contributed by atoms with van der Waals surface area (Å²) in [6.45, 7) is 12.4. The molecule has 0 bridgehead atoms. The highest BCUT2D eigenvalue weighted by Gasteiger charge is 2.19. The smallest absolute Gasteiger partial charge is 0.297 e. The van der Waals surface area contributed by atoms with Crippen LogP contribution in [0.15, 0.2) is 46.3 Å². The van der Waals surface area contributed by atoms with Gasteiger partial charge in [-0.2, -0.15) is 0 Å². The lowest BCUT2D eigenvalue weighted by Gasteiger charge is -2.17. The van der Waals surface area contributed by atoms with Crippen LogP contribution in [-0.2, 0) is 7.05 Å². The second kappa shape index (κ2) is 18.6. The summed E-state index contributed by atoms with van der Waals surface area (Å²) in [6.07, 6.45) is 18.1. The van der Waals surface area contributed by atoms with E-state index in [0.29, 0.717) is 25.6 Å². The Bertz CT molecular complexity index is 1110. The lowest BCUT2D eigenvalue weighted by Crippen LogP contribution is -2.21. The van der Waals surface area contributed by atoms with Gasteiger partial charge in [0, 0.05) is 18.5 Å². The number of aryl methyl sites for hydroxylation is 1. The number of benzene rings is 1. The minimum absolute atomic E-state index is 0.185. The second-order valence-corrected chi connectivity index (χ2v) is 10.9. The molecule has 5 heteroatoms. The average Bonchev–Trinajstić information content (AvgIpc) is 2.91. The highest BCUT2D eigenvalue weighted by atomic mass is 16.5. The van der Waals surface area contributed by atoms with Crippen molar-refractivity contribution in [2.75, 3.05) is 19.8 Å². The minimum atomic E-state index is -0.185. The van der Waals surface area contributed by atoms with Crippen molar-refractivity contribution >= 4 is 10.9 Å². The monoisotopic (exact) mass is 539 g/mol. The van der Waals surface area contributed by atoms with Crippen LogP contribution in [0.5, 0.6) is 17.2 Å². The van der Waals surface area contributed by atoms with Gasteiger partial charge in [-0.05, 0) is 64.7 Å². The van der Waals surface area contributed by atoms with Crippen LogP contribution in [0, 0.1) is 0 Å². The summed E-state index contributed by atoms with van der Waals surface area (Å²) in [5.41, 5.74) is 3.19. The summed E-state index contributed by atoms with van der Waals surface area (Å²) in [5, 5.41) is 0.874. The molecule has 0 atom stereocenters. The quantitative estimate of drug-likeness (QED) is 0.124. The van der Waals surface area contributed by atoms with Gasteiger partial charge in [0.05, 0.1) is 18.7 Å². The maximum atomic E-state index is 13.4. The Kier molecular flexibility index (Phi) is 15.5. The van der Waals surface area contributed by atoms with Gasteiger partial charge in [0.2, 0.25) is 5.75 Å². The molecule has 0 aliphatic rings. The van der Waals surface area contributed by atoms with E-state index in [1.165, 1.54) is 56.1 Å². The van der Waals surface area contributed by atoms with E-state index >= 15 is 0 Å². The zero-order valence-corrected chi connectivity index (χ0v) is 25.6. The van der Waals surface area contributed by atoms with Crippen LogP contribution in [0.4, 0.5) is 0 Å². The third kappa shape index (κ3) is 11.5. The Morgan fingerprint density at radius 1 is 0.795 bits per heavy atom. The average molecular weight is 540 g/mol. The SMILES string of the molecule is CCCCCCCCOc1ccc2c(OCCCCCC)c(OC/C=C(\C)CCC=C(C)C)c(=O)n(C)c2c1. The molecule has 0 saturated carbocycles. The first-order chi connectivity index (χ1) is 18.9. The van der Waals surface area contributed by atoms with Crippen LogP contribution >= 0.6 is 0 Å². The van der Waals surface area contributed by atoms with Gasteiger partial charge in [-0.15, -0.1) is 0 Å². The number of fused-ring (bicyclic) bond motifs is 1. The topological polar surface area (TPSA) is 49.7 Å². The van der Waals surface area contributed by atoms with Gasteiger partial charge >= 0.3 is 0 Å². The number of pyridine rings is 1. The number of unbranched alkanes of at least 4 members (excludes halogenated alkanes) is 8. The van der Waals surface area contributed by atoms with Crippen molar-refractivity contribution in [2.24, 2.45) is 7.05 Å². The number of ether oxygens (including phenoxy) is 3. The first-order valence-electron chi connectivity index (χ1n) is 15.2. The number of rotatable bonds is 20. The molecule has 39 heavy (non-hydrogen) atoms. The predicted octanol–water partition coefficient (Wildman–Crippen LogP) is 9.31. The van der Waals surface area contributed by atoms with Crippen LogP contribution in [0.1, 0.15) is 112 Å². The van der Waals surface area contributed by atoms with Gasteiger partial charge in [0.25, 0.3) is 5.56 Å². The van der Waals surface area contributed by atoms with E-state index in [1.807, 2.05) is 18.2 Å². The predicted molar refractivity (Wildman–Crippen MR) is 166 cm³/mol. The summed E-state index contributed by atoms with van der Waals surface area (Å²) in [6, 6.07) is 5.93. The van der Waals surface area contributed by atoms with Gasteiger partial charge in [0.15, 0.2) is 5.75 Å². The summed E-state index contributed by atoms with van der Waals surface area (Å²) < 4.78 is 20.1. The lowest BCUT2D eigenvalue weighted by molar-refractivity contribution is 0.276. The van der Waals surface area contributed by atoms with E-state index in [9.17, 15) is 4.79 Å². The van der Waals surface area contributed by atoms with Crippen molar-refractivity contribution in [3.8, 4) is 17.2 Å². The van der Waals surface area contributed by atoms with Crippen molar-refractivity contribution in [1.82, 2.24) is 4.57 Å². The Morgan fingerprint density at radius 2 is 1.44 bits per heavy atom. The summed E-state index contributed by atoms with van der Waals surface area (Å²) >= 11 is 0. The fourth-order valence-electron chi connectivity index (χ4n) is 4.56. The largest absolute Gasteiger partial charge is 0.494 e. The van der Waals surface area contributed by atoms with Crippen molar-refractivity contribution < 1.29 is 14.2 Å². The van der Waals surface area contributed by atoms with E-state index in [1.54, 1.807) is 11.6 Å². The zero-order chi connectivity index (χ0) is 28.5. The van der Waals surface area contributed by atoms with E-state index in [2.05, 4.69) is 46.8 Å². The number of hydrogen-bond donors (Lipinski definition) is 0. The molecule has 0 unspecified atom stereocenters. The lowest BCUT2D eigenvalue weighted by atomic mass is 10.1. The van der Waals surface area contributed by atoms with Crippen molar-refractivity contribution in [3.05, 3.63) is 51.9 Å². The molecule has 0 saturated heterocycles. The minimum Gasteiger partial charge on any atom is -0.494 e. The highest BCUT2D eigenvalue weighted by molar-refractivity contribution is 5.89. The molecule has 0 aliphatic heterocycles. The molecular formula is C34H53NO4. The molecule has 0 aliphatic carbocycles. The van der Waals surface area contributed by atoms with Gasteiger partial charge in [-0.3, -0.25) is 4.79 Å². The third-order valence-corrected chi connectivity index (χ3v) is 7.04. The molecule has 5 nitrogen and oxygen atoms in total. The number of aromatic nitrogens is 1. The molecular weight excluding hydrogens is 486 g/mol. The van der Waals surface area contributed by atoms with E-state index < -0.39 is 0 Å². The molecule has 0 spiro atoms. The number of nitrogens with zero attached hydrogens (tertiary/aromatic N) is 1. The molecule has 0 N–H and O–H groups in total. The Morgan fingerprint density at radius 3 is 2.13 bits per heavy atom. The zero-order valence-electron chi connectivity index (χ0n) is 25.6. The summed E-state index contributed by atoms with van der Waals surface area (Å²) in [5.74, 6) is 1.61. The van der Waals surface area contributed by atoms with Crippen molar-refractivity contribution in [1.29, 1.82) is 0 Å². The van der Waals surface area contributed by atoms with Gasteiger partial charge in [-0.1, -0.05) is 82.4 Å². The fraction of sp³-hybridized carbons (Fsp3) is 0.618. The summed E-state index contributed by atoms with van der Waals surface area (Å²) in [4.78, 5) is 13.4. The van der Waals surface area contributed by atoms with Crippen molar-refractivity contribution in [3.63, 3.8) is 0 Å². The van der Waals surface area contributed by atoms with Crippen LogP contribution in [0.25, 0.3) is 10.9 Å². The molecule has 2 aromatic rings. The van der Waals surface area contributed by atoms with Gasteiger partial charge in [0.1, 0.15) is 12.4 Å². The number of hydrogen-bond acceptors (Lipinski definition) is 4. The highest BCUT2D eigenvalue weighted by Crippen LogP contribution is 2.35. The standard InChI is InChI=1S/C34H53NO4/c1-7-9-11-13-14-16-23-37-29-20-21-30-31(26-29)35(6)34(36)33(32(30)38-24-15-12-10-8-2)39-25-22-28(5)19-17-18-27(3)4/h18,20-22,26H,7-17,19,23-25H2,1-6H3/b28-22+. The van der Waals surface area contributed by atoms with E-state index in [4.69, 9.17) is 14.2 Å². The molecule has 218 valence electrons. The third-order valence-electron chi connectivity index (χ3n) is 7.04. The normalized spacial score (nSPS) is 11.6. The molecule has 0 amide bonds. The van der Waals surface area contributed by atoms with E-state index in [-0.39, 0.29) is 11.3 Å². The fourth-order valence-corrected chi connectivity index (χ4v) is 4.56.